The second-order valence-electron chi connectivity index (χ2n) is 9.23. The lowest BCUT2D eigenvalue weighted by Gasteiger charge is -2.27. The number of hydrogen-bond acceptors (Lipinski definition) is 7. The largest absolute Gasteiger partial charge is 0.396 e. The fraction of sp³-hybridized carbons (Fsp3) is 0.545. The first-order valence-corrected chi connectivity index (χ1v) is 11.9. The second kappa shape index (κ2) is 8.27. The van der Waals surface area contributed by atoms with Gasteiger partial charge in [-0.05, 0) is 44.1 Å². The van der Waals surface area contributed by atoms with E-state index in [9.17, 15) is 9.90 Å². The van der Waals surface area contributed by atoms with Crippen LogP contribution in [0.25, 0.3) is 5.65 Å². The molecule has 3 aromatic rings. The second-order valence-corrected chi connectivity index (χ2v) is 9.59. The van der Waals surface area contributed by atoms with Crippen molar-refractivity contribution < 1.29 is 14.6 Å². The Morgan fingerprint density at radius 1 is 1.27 bits per heavy atom. The zero-order valence-corrected chi connectivity index (χ0v) is 18.9. The highest BCUT2D eigenvalue weighted by atomic mass is 35.5. The van der Waals surface area contributed by atoms with E-state index in [1.54, 1.807) is 10.7 Å². The van der Waals surface area contributed by atoms with Gasteiger partial charge in [-0.25, -0.2) is 9.50 Å². The van der Waals surface area contributed by atoms with E-state index < -0.39 is 0 Å². The Balaban J connectivity index is 1.21. The summed E-state index contributed by atoms with van der Waals surface area (Å²) in [6, 6.07) is 2.48. The number of anilines is 2. The quantitative estimate of drug-likeness (QED) is 0.588. The summed E-state index contributed by atoms with van der Waals surface area (Å²) in [4.78, 5) is 20.1. The van der Waals surface area contributed by atoms with Crippen molar-refractivity contribution in [3.8, 4) is 0 Å². The molecule has 0 aromatic carbocycles. The third kappa shape index (κ3) is 3.75. The monoisotopic (exact) mass is 471 g/mol. The van der Waals surface area contributed by atoms with Crippen LogP contribution in [0.15, 0.2) is 24.7 Å². The lowest BCUT2D eigenvalue weighted by Crippen LogP contribution is -2.37. The number of fused-ring (bicyclic) bond motifs is 3. The molecule has 10 nitrogen and oxygen atoms in total. The van der Waals surface area contributed by atoms with Gasteiger partial charge in [-0.1, -0.05) is 11.6 Å². The standard InChI is InChI=1S/C22H26ClN7O3/c23-20-18(10-30(27-20)14-3-1-13(11-31)2-4-14)25-22(32)17-8-24-29-6-5-19(26-21(17)29)28-9-16-7-15(28)12-33-16/h5-6,8,10,13-16,31H,1-4,7,9,11-12H2,(H,25,32)/t13?,14?,15-,16-/m1/s1. The smallest absolute Gasteiger partial charge is 0.261 e. The van der Waals surface area contributed by atoms with Crippen molar-refractivity contribution in [3.63, 3.8) is 0 Å². The minimum Gasteiger partial charge on any atom is -0.396 e. The van der Waals surface area contributed by atoms with Crippen LogP contribution in [-0.4, -0.2) is 67.3 Å². The van der Waals surface area contributed by atoms with Crippen LogP contribution in [0.1, 0.15) is 48.5 Å². The van der Waals surface area contributed by atoms with Crippen LogP contribution in [0.3, 0.4) is 0 Å². The predicted octanol–water partition coefficient (Wildman–Crippen LogP) is 2.53. The summed E-state index contributed by atoms with van der Waals surface area (Å²) in [7, 11) is 0. The fourth-order valence-corrected chi connectivity index (χ4v) is 5.47. The third-order valence-corrected chi connectivity index (χ3v) is 7.46. The molecule has 3 fully saturated rings. The first-order chi connectivity index (χ1) is 16.1. The lowest BCUT2D eigenvalue weighted by molar-refractivity contribution is 0.0988. The van der Waals surface area contributed by atoms with Gasteiger partial charge in [-0.15, -0.1) is 0 Å². The summed E-state index contributed by atoms with van der Waals surface area (Å²) in [5.74, 6) is 0.867. The van der Waals surface area contributed by atoms with Crippen molar-refractivity contribution in [1.82, 2.24) is 24.4 Å². The molecule has 2 atom stereocenters. The highest BCUT2D eigenvalue weighted by Gasteiger charge is 2.39. The molecule has 1 aliphatic carbocycles. The number of aliphatic hydroxyl groups excluding tert-OH is 1. The molecule has 33 heavy (non-hydrogen) atoms. The zero-order chi connectivity index (χ0) is 22.5. The molecule has 2 N–H and O–H groups in total. The average molecular weight is 472 g/mol. The molecule has 11 heteroatoms. The van der Waals surface area contributed by atoms with E-state index in [0.717, 1.165) is 44.5 Å². The van der Waals surface area contributed by atoms with Crippen LogP contribution in [0.4, 0.5) is 11.5 Å². The fourth-order valence-electron chi connectivity index (χ4n) is 5.28. The van der Waals surface area contributed by atoms with Crippen molar-refractivity contribution in [3.05, 3.63) is 35.4 Å². The highest BCUT2D eigenvalue weighted by molar-refractivity contribution is 6.32. The lowest BCUT2D eigenvalue weighted by atomic mass is 9.87. The van der Waals surface area contributed by atoms with Crippen LogP contribution < -0.4 is 10.2 Å². The van der Waals surface area contributed by atoms with Gasteiger partial charge in [0.2, 0.25) is 0 Å². The van der Waals surface area contributed by atoms with E-state index in [2.05, 4.69) is 20.4 Å². The number of ether oxygens (including phenoxy) is 1. The Kier molecular flexibility index (Phi) is 5.23. The van der Waals surface area contributed by atoms with Gasteiger partial charge in [-0.2, -0.15) is 10.2 Å². The molecule has 0 unspecified atom stereocenters. The maximum Gasteiger partial charge on any atom is 0.261 e. The number of hydrogen-bond donors (Lipinski definition) is 2. The minimum absolute atomic E-state index is 0.219. The number of nitrogens with one attached hydrogen (secondary N) is 1. The van der Waals surface area contributed by atoms with E-state index in [4.69, 9.17) is 21.3 Å². The molecular formula is C22H26ClN7O3. The topological polar surface area (TPSA) is 110 Å². The first-order valence-electron chi connectivity index (χ1n) is 11.5. The van der Waals surface area contributed by atoms with Crippen LogP contribution in [0.2, 0.25) is 5.15 Å². The highest BCUT2D eigenvalue weighted by Crippen LogP contribution is 2.34. The summed E-state index contributed by atoms with van der Waals surface area (Å²) < 4.78 is 9.13. The number of carbonyl (C=O) groups is 1. The molecule has 174 valence electrons. The van der Waals surface area contributed by atoms with Gasteiger partial charge in [0.1, 0.15) is 11.4 Å². The summed E-state index contributed by atoms with van der Waals surface area (Å²) in [5.41, 5.74) is 1.35. The first kappa shape index (κ1) is 20.9. The number of carbonyl (C=O) groups excluding carboxylic acids is 1. The average Bonchev–Trinajstić information content (AvgIpc) is 3.63. The Morgan fingerprint density at radius 3 is 2.85 bits per heavy atom. The third-order valence-electron chi connectivity index (χ3n) is 7.18. The maximum atomic E-state index is 13.1. The van der Waals surface area contributed by atoms with Crippen LogP contribution in [-0.2, 0) is 4.74 Å². The van der Waals surface area contributed by atoms with E-state index in [-0.39, 0.29) is 29.8 Å². The number of amides is 1. The molecule has 3 aliphatic rings. The molecule has 1 saturated carbocycles. The van der Waals surface area contributed by atoms with E-state index in [1.165, 1.54) is 6.20 Å². The van der Waals surface area contributed by atoms with Crippen molar-refractivity contribution >= 4 is 34.7 Å². The van der Waals surface area contributed by atoms with Crippen LogP contribution >= 0.6 is 11.6 Å². The normalized spacial score (nSPS) is 26.9. The maximum absolute atomic E-state index is 13.1. The molecule has 2 bridgehead atoms. The Bertz CT molecular complexity index is 1190. The molecule has 0 spiro atoms. The number of morpholine rings is 1. The molecular weight excluding hydrogens is 446 g/mol. The summed E-state index contributed by atoms with van der Waals surface area (Å²) in [5, 5.41) is 21.2. The van der Waals surface area contributed by atoms with Gasteiger partial charge in [0, 0.05) is 19.3 Å². The van der Waals surface area contributed by atoms with Gasteiger partial charge in [-0.3, -0.25) is 9.48 Å². The van der Waals surface area contributed by atoms with Crippen LogP contribution in [0.5, 0.6) is 0 Å². The molecule has 5 heterocycles. The van der Waals surface area contributed by atoms with Crippen molar-refractivity contribution in [2.24, 2.45) is 5.92 Å². The minimum atomic E-state index is -0.327. The number of nitrogens with zero attached hydrogens (tertiary/aromatic N) is 6. The molecule has 1 amide bonds. The SMILES string of the molecule is O=C(Nc1cn(C2CCC(CO)CC2)nc1Cl)c1cnn2ccc(N3C[C@H]4C[C@@H]3CO4)nc12. The number of halogens is 1. The molecule has 6 rings (SSSR count). The van der Waals surface area contributed by atoms with Gasteiger partial charge >= 0.3 is 0 Å². The number of aliphatic hydroxyl groups is 1. The predicted molar refractivity (Wildman–Crippen MR) is 122 cm³/mol. The van der Waals surface area contributed by atoms with E-state index in [1.807, 2.05) is 16.9 Å². The Hall–Kier alpha value is -2.69. The molecule has 2 aliphatic heterocycles. The van der Waals surface area contributed by atoms with Gasteiger partial charge in [0.05, 0.1) is 42.9 Å². The summed E-state index contributed by atoms with van der Waals surface area (Å²) in [6.07, 6.45) is 10.2. The summed E-state index contributed by atoms with van der Waals surface area (Å²) >= 11 is 6.35. The number of aromatic nitrogens is 5. The number of rotatable bonds is 5. The Labute approximate surface area is 195 Å². The van der Waals surface area contributed by atoms with E-state index >= 15 is 0 Å². The van der Waals surface area contributed by atoms with Crippen molar-refractivity contribution in [2.45, 2.75) is 50.3 Å². The van der Waals surface area contributed by atoms with Crippen LogP contribution in [0, 0.1) is 5.92 Å². The van der Waals surface area contributed by atoms with Crippen molar-refractivity contribution in [2.75, 3.05) is 30.0 Å². The summed E-state index contributed by atoms with van der Waals surface area (Å²) in [6.45, 7) is 1.77. The molecule has 2 saturated heterocycles. The molecule has 0 radical (unpaired) electrons. The van der Waals surface area contributed by atoms with Gasteiger partial charge < -0.3 is 20.1 Å². The van der Waals surface area contributed by atoms with Gasteiger partial charge in [0.15, 0.2) is 10.8 Å². The molecule has 3 aromatic heterocycles. The Morgan fingerprint density at radius 2 is 2.12 bits per heavy atom. The van der Waals surface area contributed by atoms with Gasteiger partial charge in [0.25, 0.3) is 5.91 Å². The zero-order valence-electron chi connectivity index (χ0n) is 18.1. The van der Waals surface area contributed by atoms with Crippen molar-refractivity contribution in [1.29, 1.82) is 0 Å². The van der Waals surface area contributed by atoms with E-state index in [0.29, 0.717) is 35.5 Å².